The Morgan fingerprint density at radius 2 is 1.76 bits per heavy atom. The Kier molecular flexibility index (Phi) is 5.37. The molecule has 0 amide bonds. The van der Waals surface area contributed by atoms with Crippen LogP contribution < -0.4 is 4.74 Å². The molecule has 1 aliphatic carbocycles. The molecule has 0 heterocycles. The summed E-state index contributed by atoms with van der Waals surface area (Å²) >= 11 is 0. The fraction of sp³-hybridized carbons (Fsp3) is 0.529. The monoisotopic (exact) mass is 290 g/mol. The van der Waals surface area contributed by atoms with Gasteiger partial charge in [0.05, 0.1) is 11.5 Å². The lowest BCUT2D eigenvalue weighted by molar-refractivity contribution is -0.140. The van der Waals surface area contributed by atoms with Crippen LogP contribution in [-0.4, -0.2) is 17.0 Å². The summed E-state index contributed by atoms with van der Waals surface area (Å²) < 4.78 is 5.35. The number of carboxylic acid groups (broad SMARTS) is 1. The molecule has 2 rings (SSSR count). The van der Waals surface area contributed by atoms with Crippen LogP contribution in [-0.2, 0) is 4.79 Å². The highest BCUT2D eigenvalue weighted by Gasteiger charge is 2.27. The van der Waals surface area contributed by atoms with Crippen molar-refractivity contribution >= 4 is 11.9 Å². The van der Waals surface area contributed by atoms with Gasteiger partial charge in [0.25, 0.3) is 0 Å². The highest BCUT2D eigenvalue weighted by atomic mass is 16.5. The van der Waals surface area contributed by atoms with Gasteiger partial charge in [-0.3, -0.25) is 4.79 Å². The summed E-state index contributed by atoms with van der Waals surface area (Å²) in [6, 6.07) is 5.96. The topological polar surface area (TPSA) is 63.6 Å². The average molecular weight is 290 g/mol. The fourth-order valence-electron chi connectivity index (χ4n) is 2.96. The number of aromatic carboxylic acids is 1. The Morgan fingerprint density at radius 1 is 1.14 bits per heavy atom. The van der Waals surface area contributed by atoms with Gasteiger partial charge < -0.3 is 9.84 Å². The van der Waals surface area contributed by atoms with Crippen LogP contribution in [0.5, 0.6) is 5.75 Å². The molecule has 0 radical (unpaired) electrons. The molecule has 4 heteroatoms. The van der Waals surface area contributed by atoms with Crippen LogP contribution in [0.15, 0.2) is 24.3 Å². The third-order valence-corrected chi connectivity index (χ3v) is 4.20. The number of carboxylic acids is 1. The van der Waals surface area contributed by atoms with Crippen LogP contribution in [0.4, 0.5) is 0 Å². The number of carbonyl (C=O) groups excluding carboxylic acids is 1. The molecule has 114 valence electrons. The maximum absolute atomic E-state index is 12.1. The number of benzene rings is 1. The molecule has 4 nitrogen and oxygen atoms in total. The lowest BCUT2D eigenvalue weighted by atomic mass is 9.80. The van der Waals surface area contributed by atoms with E-state index in [9.17, 15) is 9.59 Å². The molecule has 0 atom stereocenters. The zero-order valence-corrected chi connectivity index (χ0v) is 12.4. The summed E-state index contributed by atoms with van der Waals surface area (Å²) in [7, 11) is 0. The van der Waals surface area contributed by atoms with Crippen LogP contribution in [0.2, 0.25) is 0 Å². The third-order valence-electron chi connectivity index (χ3n) is 4.20. The summed E-state index contributed by atoms with van der Waals surface area (Å²) in [6.07, 6.45) is 6.46. The molecule has 0 bridgehead atoms. The minimum absolute atomic E-state index is 0.0164. The van der Waals surface area contributed by atoms with Gasteiger partial charge in [-0.1, -0.05) is 19.8 Å². The van der Waals surface area contributed by atoms with E-state index in [2.05, 4.69) is 6.92 Å². The average Bonchev–Trinajstić information content (AvgIpc) is 2.49. The smallest absolute Gasteiger partial charge is 0.335 e. The first-order valence-corrected chi connectivity index (χ1v) is 7.65. The van der Waals surface area contributed by atoms with Gasteiger partial charge in [0, 0.05) is 0 Å². The maximum Gasteiger partial charge on any atom is 0.335 e. The second-order valence-electron chi connectivity index (χ2n) is 5.76. The van der Waals surface area contributed by atoms with Crippen LogP contribution in [0.3, 0.4) is 0 Å². The van der Waals surface area contributed by atoms with E-state index in [1.165, 1.54) is 37.1 Å². The Morgan fingerprint density at radius 3 is 2.29 bits per heavy atom. The number of hydrogen-bond acceptors (Lipinski definition) is 3. The highest BCUT2D eigenvalue weighted by Crippen LogP contribution is 2.32. The van der Waals surface area contributed by atoms with Crippen LogP contribution in [0.1, 0.15) is 55.8 Å². The summed E-state index contributed by atoms with van der Waals surface area (Å²) in [5.41, 5.74) is 0.190. The van der Waals surface area contributed by atoms with Crippen molar-refractivity contribution in [2.75, 3.05) is 0 Å². The van der Waals surface area contributed by atoms with E-state index in [1.54, 1.807) is 0 Å². The van der Waals surface area contributed by atoms with E-state index in [0.717, 1.165) is 31.6 Å². The van der Waals surface area contributed by atoms with Crippen molar-refractivity contribution in [2.24, 2.45) is 11.8 Å². The predicted octanol–water partition coefficient (Wildman–Crippen LogP) is 3.90. The Labute approximate surface area is 125 Å². The molecule has 1 aromatic carbocycles. The summed E-state index contributed by atoms with van der Waals surface area (Å²) in [4.78, 5) is 22.9. The first-order chi connectivity index (χ1) is 10.1. The van der Waals surface area contributed by atoms with Gasteiger partial charge in [0.2, 0.25) is 0 Å². The molecule has 0 aliphatic heterocycles. The van der Waals surface area contributed by atoms with Gasteiger partial charge in [-0.25, -0.2) is 4.79 Å². The molecule has 0 unspecified atom stereocenters. The second kappa shape index (κ2) is 7.25. The van der Waals surface area contributed by atoms with Gasteiger partial charge in [0.1, 0.15) is 5.75 Å². The zero-order valence-electron chi connectivity index (χ0n) is 12.4. The highest BCUT2D eigenvalue weighted by molar-refractivity contribution is 5.87. The molecular formula is C17H22O4. The Bertz CT molecular complexity index is 484. The van der Waals surface area contributed by atoms with Crippen molar-refractivity contribution in [1.29, 1.82) is 0 Å². The van der Waals surface area contributed by atoms with E-state index in [1.807, 2.05) is 0 Å². The Hall–Kier alpha value is -1.84. The number of ether oxygens (including phenoxy) is 1. The van der Waals surface area contributed by atoms with E-state index >= 15 is 0 Å². The molecule has 0 aromatic heterocycles. The van der Waals surface area contributed by atoms with Crippen molar-refractivity contribution < 1.29 is 19.4 Å². The second-order valence-corrected chi connectivity index (χ2v) is 5.76. The maximum atomic E-state index is 12.1. The molecule has 0 saturated heterocycles. The normalized spacial score (nSPS) is 21.8. The summed E-state index contributed by atoms with van der Waals surface area (Å²) in [5.74, 6) is -0.0121. The molecule has 1 saturated carbocycles. The van der Waals surface area contributed by atoms with Gasteiger partial charge >= 0.3 is 11.9 Å². The standard InChI is InChI=1S/C17H22O4/c1-2-3-12-4-6-14(7-5-12)17(20)21-15-10-8-13(9-11-15)16(18)19/h8-12,14H,2-7H2,1H3,(H,18,19). The quantitative estimate of drug-likeness (QED) is 0.660. The Balaban J connectivity index is 1.86. The number of hydrogen-bond donors (Lipinski definition) is 1. The van der Waals surface area contributed by atoms with Gasteiger partial charge in [0.15, 0.2) is 0 Å². The van der Waals surface area contributed by atoms with E-state index in [-0.39, 0.29) is 17.5 Å². The van der Waals surface area contributed by atoms with Crippen molar-refractivity contribution in [1.82, 2.24) is 0 Å². The largest absolute Gasteiger partial charge is 0.478 e. The molecule has 0 spiro atoms. The summed E-state index contributed by atoms with van der Waals surface area (Å²) in [5, 5.41) is 8.82. The zero-order chi connectivity index (χ0) is 15.2. The first-order valence-electron chi connectivity index (χ1n) is 7.65. The van der Waals surface area contributed by atoms with Gasteiger partial charge in [-0.2, -0.15) is 0 Å². The summed E-state index contributed by atoms with van der Waals surface area (Å²) in [6.45, 7) is 2.20. The van der Waals surface area contributed by atoms with Gasteiger partial charge in [-0.15, -0.1) is 0 Å². The van der Waals surface area contributed by atoms with Crippen LogP contribution >= 0.6 is 0 Å². The lowest BCUT2D eigenvalue weighted by Crippen LogP contribution is -2.25. The van der Waals surface area contributed by atoms with Crippen molar-refractivity contribution in [3.63, 3.8) is 0 Å². The number of esters is 1. The predicted molar refractivity (Wildman–Crippen MR) is 79.4 cm³/mol. The lowest BCUT2D eigenvalue weighted by Gasteiger charge is -2.26. The van der Waals surface area contributed by atoms with Crippen LogP contribution in [0, 0.1) is 11.8 Å². The molecule has 1 fully saturated rings. The van der Waals surface area contributed by atoms with Crippen molar-refractivity contribution in [3.8, 4) is 5.75 Å². The molecule has 1 aliphatic rings. The molecular weight excluding hydrogens is 268 g/mol. The van der Waals surface area contributed by atoms with E-state index < -0.39 is 5.97 Å². The minimum atomic E-state index is -0.984. The number of rotatable bonds is 5. The first kappa shape index (κ1) is 15.5. The third kappa shape index (κ3) is 4.31. The van der Waals surface area contributed by atoms with Crippen molar-refractivity contribution in [3.05, 3.63) is 29.8 Å². The molecule has 1 N–H and O–H groups in total. The SMILES string of the molecule is CCCC1CCC(C(=O)Oc2ccc(C(=O)O)cc2)CC1. The fourth-order valence-corrected chi connectivity index (χ4v) is 2.96. The van der Waals surface area contributed by atoms with Crippen LogP contribution in [0.25, 0.3) is 0 Å². The molecule has 1 aromatic rings. The number of carbonyl (C=O) groups is 2. The van der Waals surface area contributed by atoms with Crippen molar-refractivity contribution in [2.45, 2.75) is 45.4 Å². The van der Waals surface area contributed by atoms with Gasteiger partial charge in [-0.05, 0) is 55.9 Å². The minimum Gasteiger partial charge on any atom is -0.478 e. The molecule has 21 heavy (non-hydrogen) atoms. The van der Waals surface area contributed by atoms with E-state index in [0.29, 0.717) is 5.75 Å². The van der Waals surface area contributed by atoms with E-state index in [4.69, 9.17) is 9.84 Å².